The van der Waals surface area contributed by atoms with Crippen molar-refractivity contribution in [3.63, 3.8) is 0 Å². The molecule has 0 spiro atoms. The molecule has 0 fully saturated rings. The molecular formula is C21H20O3. The number of Topliss-reactive ketones (excluding diaryl/α,β-unsaturated/α-hetero) is 2. The Morgan fingerprint density at radius 1 is 0.833 bits per heavy atom. The van der Waals surface area contributed by atoms with Crippen LogP contribution in [0.4, 0.5) is 0 Å². The highest BCUT2D eigenvalue weighted by molar-refractivity contribution is 6.52. The van der Waals surface area contributed by atoms with Gasteiger partial charge in [0, 0.05) is 17.5 Å². The summed E-state index contributed by atoms with van der Waals surface area (Å²) in [4.78, 5) is 24.6. The van der Waals surface area contributed by atoms with Gasteiger partial charge in [0.25, 0.3) is 0 Å². The highest BCUT2D eigenvalue weighted by Gasteiger charge is 2.32. The Morgan fingerprint density at radius 3 is 2.12 bits per heavy atom. The molecule has 0 amide bonds. The maximum absolute atomic E-state index is 12.3. The molecule has 0 heterocycles. The average molecular weight is 320 g/mol. The molecule has 3 nitrogen and oxygen atoms in total. The number of carbonyl (C=O) groups excluding carboxylic acids is 2. The highest BCUT2D eigenvalue weighted by Crippen LogP contribution is 2.29. The standard InChI is InChI=1S/C21H20O3/c1-2-3-6-14-9-11-15(12-10-14)13-18-19(22)16-7-4-5-8-17(16)20(23)21(18)24/h4-5,7-12,22H,2-3,6,13H2,1H3. The number of hydrogen-bond donors (Lipinski definition) is 1. The van der Waals surface area contributed by atoms with E-state index in [1.165, 1.54) is 5.56 Å². The SMILES string of the molecule is CCCCc1ccc(CC2=C(O)c3ccccc3C(=O)C2=O)cc1. The van der Waals surface area contributed by atoms with E-state index in [-0.39, 0.29) is 23.3 Å². The molecule has 2 aromatic carbocycles. The van der Waals surface area contributed by atoms with Crippen LogP contribution in [0, 0.1) is 0 Å². The Kier molecular flexibility index (Phi) is 4.61. The van der Waals surface area contributed by atoms with E-state index in [0.717, 1.165) is 24.8 Å². The summed E-state index contributed by atoms with van der Waals surface area (Å²) in [5.74, 6) is -1.23. The van der Waals surface area contributed by atoms with Gasteiger partial charge in [-0.05, 0) is 24.0 Å². The minimum absolute atomic E-state index is 0.0785. The summed E-state index contributed by atoms with van der Waals surface area (Å²) in [6, 6.07) is 14.7. The van der Waals surface area contributed by atoms with E-state index < -0.39 is 11.6 Å². The Bertz CT molecular complexity index is 813. The fraction of sp³-hybridized carbons (Fsp3) is 0.238. The van der Waals surface area contributed by atoms with E-state index in [1.807, 2.05) is 24.3 Å². The summed E-state index contributed by atoms with van der Waals surface area (Å²) >= 11 is 0. The van der Waals surface area contributed by atoms with Crippen LogP contribution in [0.5, 0.6) is 0 Å². The topological polar surface area (TPSA) is 54.4 Å². The molecule has 24 heavy (non-hydrogen) atoms. The highest BCUT2D eigenvalue weighted by atomic mass is 16.3. The second-order valence-electron chi connectivity index (χ2n) is 6.13. The van der Waals surface area contributed by atoms with E-state index in [1.54, 1.807) is 24.3 Å². The van der Waals surface area contributed by atoms with Crippen LogP contribution in [0.2, 0.25) is 0 Å². The molecule has 1 N–H and O–H groups in total. The van der Waals surface area contributed by atoms with E-state index in [2.05, 4.69) is 6.92 Å². The molecule has 0 unspecified atom stereocenters. The Labute approximate surface area is 141 Å². The first kappa shape index (κ1) is 16.2. The predicted molar refractivity (Wildman–Crippen MR) is 94.1 cm³/mol. The van der Waals surface area contributed by atoms with Crippen molar-refractivity contribution in [3.05, 3.63) is 76.4 Å². The quantitative estimate of drug-likeness (QED) is 0.835. The largest absolute Gasteiger partial charge is 0.507 e. The number of carbonyl (C=O) groups is 2. The molecule has 0 saturated carbocycles. The lowest BCUT2D eigenvalue weighted by Gasteiger charge is -2.17. The molecule has 0 saturated heterocycles. The lowest BCUT2D eigenvalue weighted by molar-refractivity contribution is -0.112. The van der Waals surface area contributed by atoms with Crippen molar-refractivity contribution in [2.75, 3.05) is 0 Å². The van der Waals surface area contributed by atoms with Gasteiger partial charge in [-0.2, -0.15) is 0 Å². The molecule has 0 radical (unpaired) electrons. The van der Waals surface area contributed by atoms with Crippen molar-refractivity contribution >= 4 is 17.3 Å². The average Bonchev–Trinajstić information content (AvgIpc) is 2.62. The molecule has 0 bridgehead atoms. The summed E-state index contributed by atoms with van der Waals surface area (Å²) in [5.41, 5.74) is 3.07. The van der Waals surface area contributed by atoms with Crippen LogP contribution in [0.1, 0.15) is 46.8 Å². The lowest BCUT2D eigenvalue weighted by Crippen LogP contribution is -2.25. The number of rotatable bonds is 5. The van der Waals surface area contributed by atoms with E-state index in [0.29, 0.717) is 5.56 Å². The second-order valence-corrected chi connectivity index (χ2v) is 6.13. The number of fused-ring (bicyclic) bond motifs is 1. The monoisotopic (exact) mass is 320 g/mol. The maximum Gasteiger partial charge on any atom is 0.234 e. The molecule has 0 aliphatic heterocycles. The number of allylic oxidation sites excluding steroid dienone is 1. The molecule has 1 aliphatic carbocycles. The minimum atomic E-state index is -0.610. The van der Waals surface area contributed by atoms with Crippen molar-refractivity contribution in [2.24, 2.45) is 0 Å². The van der Waals surface area contributed by atoms with E-state index >= 15 is 0 Å². The van der Waals surface area contributed by atoms with Gasteiger partial charge in [0.05, 0.1) is 5.57 Å². The number of aliphatic hydroxyl groups excluding tert-OH is 1. The maximum atomic E-state index is 12.3. The van der Waals surface area contributed by atoms with Crippen LogP contribution >= 0.6 is 0 Å². The van der Waals surface area contributed by atoms with Crippen LogP contribution in [0.3, 0.4) is 0 Å². The van der Waals surface area contributed by atoms with Crippen molar-refractivity contribution in [1.29, 1.82) is 0 Å². The van der Waals surface area contributed by atoms with Crippen molar-refractivity contribution in [1.82, 2.24) is 0 Å². The number of benzene rings is 2. The van der Waals surface area contributed by atoms with Gasteiger partial charge >= 0.3 is 0 Å². The predicted octanol–water partition coefficient (Wildman–Crippen LogP) is 4.31. The smallest absolute Gasteiger partial charge is 0.234 e. The van der Waals surface area contributed by atoms with E-state index in [9.17, 15) is 14.7 Å². The van der Waals surface area contributed by atoms with Crippen LogP contribution in [0.25, 0.3) is 5.76 Å². The third-order valence-corrected chi connectivity index (χ3v) is 4.42. The van der Waals surface area contributed by atoms with Crippen molar-refractivity contribution in [3.8, 4) is 0 Å². The fourth-order valence-corrected chi connectivity index (χ4v) is 2.99. The van der Waals surface area contributed by atoms with Gasteiger partial charge in [-0.25, -0.2) is 0 Å². The minimum Gasteiger partial charge on any atom is -0.507 e. The first-order valence-corrected chi connectivity index (χ1v) is 8.30. The second kappa shape index (κ2) is 6.83. The molecule has 0 aromatic heterocycles. The molecule has 3 heteroatoms. The third-order valence-electron chi connectivity index (χ3n) is 4.42. The number of ketones is 2. The zero-order valence-corrected chi connectivity index (χ0v) is 13.7. The molecule has 1 aliphatic rings. The molecule has 122 valence electrons. The summed E-state index contributed by atoms with van der Waals surface area (Å²) in [6.07, 6.45) is 3.60. The zero-order valence-electron chi connectivity index (χ0n) is 13.7. The Morgan fingerprint density at radius 2 is 1.46 bits per heavy atom. The summed E-state index contributed by atoms with van der Waals surface area (Å²) in [6.45, 7) is 2.16. The normalized spacial score (nSPS) is 14.0. The van der Waals surface area contributed by atoms with Gasteiger partial charge in [0.15, 0.2) is 0 Å². The number of hydrogen-bond acceptors (Lipinski definition) is 3. The number of aliphatic hydroxyl groups is 1. The molecule has 3 rings (SSSR count). The first-order chi connectivity index (χ1) is 11.6. The number of unbranched alkanes of at least 4 members (excludes halogenated alkanes) is 1. The molecule has 2 aromatic rings. The lowest BCUT2D eigenvalue weighted by atomic mass is 9.85. The third kappa shape index (κ3) is 3.02. The van der Waals surface area contributed by atoms with E-state index in [4.69, 9.17) is 0 Å². The summed E-state index contributed by atoms with van der Waals surface area (Å²) < 4.78 is 0. The van der Waals surface area contributed by atoms with Gasteiger partial charge in [-0.3, -0.25) is 9.59 Å². The van der Waals surface area contributed by atoms with Crippen LogP contribution < -0.4 is 0 Å². The van der Waals surface area contributed by atoms with Crippen LogP contribution in [-0.4, -0.2) is 16.7 Å². The summed E-state index contributed by atoms with van der Waals surface area (Å²) in [5, 5.41) is 10.4. The molecular weight excluding hydrogens is 300 g/mol. The number of aryl methyl sites for hydroxylation is 1. The zero-order chi connectivity index (χ0) is 17.1. The first-order valence-electron chi connectivity index (χ1n) is 8.30. The van der Waals surface area contributed by atoms with Gasteiger partial charge in [0.1, 0.15) is 5.76 Å². The van der Waals surface area contributed by atoms with Gasteiger partial charge < -0.3 is 5.11 Å². The van der Waals surface area contributed by atoms with Gasteiger partial charge in [-0.15, -0.1) is 0 Å². The van der Waals surface area contributed by atoms with Crippen molar-refractivity contribution in [2.45, 2.75) is 32.6 Å². The van der Waals surface area contributed by atoms with Gasteiger partial charge in [0.2, 0.25) is 11.6 Å². The Balaban J connectivity index is 1.89. The van der Waals surface area contributed by atoms with Crippen LogP contribution in [-0.2, 0) is 17.6 Å². The summed E-state index contributed by atoms with van der Waals surface area (Å²) in [7, 11) is 0. The fourth-order valence-electron chi connectivity index (χ4n) is 2.99. The van der Waals surface area contributed by atoms with Crippen molar-refractivity contribution < 1.29 is 14.7 Å². The molecule has 0 atom stereocenters. The van der Waals surface area contributed by atoms with Crippen LogP contribution in [0.15, 0.2) is 54.1 Å². The Hall–Kier alpha value is -2.68. The van der Waals surface area contributed by atoms with Gasteiger partial charge in [-0.1, -0.05) is 61.9 Å².